The predicted molar refractivity (Wildman–Crippen MR) is 129 cm³/mol. The number of carbonyl (C=O) groups is 1. The average Bonchev–Trinajstić information content (AvgIpc) is 3.50. The lowest BCUT2D eigenvalue weighted by Gasteiger charge is -2.10. The van der Waals surface area contributed by atoms with Crippen LogP contribution in [0.25, 0.3) is 6.08 Å². The van der Waals surface area contributed by atoms with Crippen molar-refractivity contribution in [2.75, 3.05) is 12.3 Å². The van der Waals surface area contributed by atoms with Crippen molar-refractivity contribution < 1.29 is 14.3 Å². The fraction of sp³-hybridized carbons (Fsp3) is 0.250. The van der Waals surface area contributed by atoms with Crippen molar-refractivity contribution in [3.63, 3.8) is 0 Å². The number of carbonyl (C=O) groups excluding carboxylic acids is 1. The summed E-state index contributed by atoms with van der Waals surface area (Å²) in [5.41, 5.74) is 6.82. The molecule has 0 bridgehead atoms. The zero-order valence-electron chi connectivity index (χ0n) is 17.6. The minimum atomic E-state index is -0.179. The maximum absolute atomic E-state index is 12.3. The van der Waals surface area contributed by atoms with E-state index >= 15 is 0 Å². The molecule has 32 heavy (non-hydrogen) atoms. The third-order valence-electron chi connectivity index (χ3n) is 4.84. The highest BCUT2D eigenvalue weighted by Gasteiger charge is 2.22. The monoisotopic (exact) mass is 469 g/mol. The van der Waals surface area contributed by atoms with E-state index in [2.05, 4.69) is 10.3 Å². The molecular formula is C24H24ClN3O3S. The van der Waals surface area contributed by atoms with Gasteiger partial charge in [0.25, 0.3) is 11.1 Å². The predicted octanol–water partition coefficient (Wildman–Crippen LogP) is 5.79. The Bertz CT molecular complexity index is 1130. The van der Waals surface area contributed by atoms with Crippen molar-refractivity contribution in [1.29, 1.82) is 0 Å². The number of anilines is 1. The van der Waals surface area contributed by atoms with Crippen LogP contribution < -0.4 is 20.5 Å². The molecule has 166 valence electrons. The zero-order chi connectivity index (χ0) is 22.5. The lowest BCUT2D eigenvalue weighted by Crippen LogP contribution is -2.30. The highest BCUT2D eigenvalue weighted by molar-refractivity contribution is 7.14. The van der Waals surface area contributed by atoms with Gasteiger partial charge < -0.3 is 20.5 Å². The van der Waals surface area contributed by atoms with Crippen molar-refractivity contribution in [3.8, 4) is 16.7 Å². The molecule has 0 saturated heterocycles. The van der Waals surface area contributed by atoms with E-state index in [1.165, 1.54) is 24.2 Å². The van der Waals surface area contributed by atoms with Gasteiger partial charge in [-0.1, -0.05) is 35.1 Å². The van der Waals surface area contributed by atoms with Gasteiger partial charge in [-0.25, -0.2) is 4.98 Å². The number of halogens is 1. The van der Waals surface area contributed by atoms with Gasteiger partial charge in [0.1, 0.15) is 11.5 Å². The van der Waals surface area contributed by atoms with E-state index in [4.69, 9.17) is 26.8 Å². The summed E-state index contributed by atoms with van der Waals surface area (Å²) in [6, 6.07) is 12.1. The first kappa shape index (κ1) is 22.2. The summed E-state index contributed by atoms with van der Waals surface area (Å²) in [4.78, 5) is 17.5. The first-order chi connectivity index (χ1) is 15.5. The van der Waals surface area contributed by atoms with Gasteiger partial charge in [0, 0.05) is 29.6 Å². The van der Waals surface area contributed by atoms with Crippen LogP contribution in [0.4, 0.5) is 5.69 Å². The third kappa shape index (κ3) is 6.24. The van der Waals surface area contributed by atoms with E-state index < -0.39 is 0 Å². The molecule has 2 aromatic carbocycles. The zero-order valence-corrected chi connectivity index (χ0v) is 19.2. The molecule has 8 heteroatoms. The van der Waals surface area contributed by atoms with Crippen LogP contribution >= 0.6 is 22.9 Å². The molecule has 1 aliphatic carbocycles. The highest BCUT2D eigenvalue weighted by Crippen LogP contribution is 2.35. The van der Waals surface area contributed by atoms with E-state index in [1.54, 1.807) is 42.6 Å². The molecule has 0 unspecified atom stereocenters. The van der Waals surface area contributed by atoms with Crippen LogP contribution in [-0.2, 0) is 0 Å². The number of aromatic nitrogens is 1. The number of amides is 1. The Labute approximate surface area is 196 Å². The number of ether oxygens (including phenoxy) is 2. The number of nitrogens with two attached hydrogens (primary N) is 1. The second-order valence-electron chi connectivity index (χ2n) is 7.72. The molecule has 3 aromatic rings. The highest BCUT2D eigenvalue weighted by atomic mass is 35.5. The Balaban J connectivity index is 1.31. The lowest BCUT2D eigenvalue weighted by molar-refractivity contribution is 0.0947. The van der Waals surface area contributed by atoms with Gasteiger partial charge in [0.2, 0.25) is 0 Å². The Morgan fingerprint density at radius 2 is 2.19 bits per heavy atom. The molecule has 1 aromatic heterocycles. The lowest BCUT2D eigenvalue weighted by atomic mass is 10.2. The van der Waals surface area contributed by atoms with Crippen molar-refractivity contribution in [2.45, 2.75) is 25.8 Å². The summed E-state index contributed by atoms with van der Waals surface area (Å²) in [5.74, 6) is 1.77. The SMILES string of the molecule is C[C@@H](/C=C/c1cnc(Oc2ccc(OCC3CC3)cc2Cl)s1)NC(=O)c1cccc(N)c1. The molecule has 1 heterocycles. The minimum absolute atomic E-state index is 0.173. The van der Waals surface area contributed by atoms with E-state index in [9.17, 15) is 4.79 Å². The van der Waals surface area contributed by atoms with E-state index in [1.807, 2.05) is 25.1 Å². The molecular weight excluding hydrogens is 446 g/mol. The van der Waals surface area contributed by atoms with Crippen LogP contribution in [0.2, 0.25) is 5.02 Å². The summed E-state index contributed by atoms with van der Waals surface area (Å²) in [6.45, 7) is 2.63. The first-order valence-corrected chi connectivity index (χ1v) is 11.6. The van der Waals surface area contributed by atoms with Crippen LogP contribution in [0.15, 0.2) is 54.7 Å². The quantitative estimate of drug-likeness (QED) is 0.387. The molecule has 4 rings (SSSR count). The van der Waals surface area contributed by atoms with Crippen LogP contribution in [0.3, 0.4) is 0 Å². The Hall–Kier alpha value is -3.03. The standard InChI is InChI=1S/C24H24ClN3O3S/c1-15(28-23(29)17-3-2-4-18(26)11-17)5-9-20-13-27-24(32-20)31-22-10-8-19(12-21(22)25)30-14-16-6-7-16/h2-5,8-13,15-16H,6-7,14,26H2,1H3,(H,28,29)/b9-5+/t15-/m0/s1. The molecule has 1 fully saturated rings. The maximum atomic E-state index is 12.3. The van der Waals surface area contributed by atoms with Gasteiger partial charge in [-0.05, 0) is 62.1 Å². The van der Waals surface area contributed by atoms with Crippen LogP contribution in [0.1, 0.15) is 35.0 Å². The van der Waals surface area contributed by atoms with Gasteiger partial charge in [-0.3, -0.25) is 4.79 Å². The van der Waals surface area contributed by atoms with Crippen LogP contribution in [0.5, 0.6) is 16.7 Å². The van der Waals surface area contributed by atoms with Gasteiger partial charge in [0.05, 0.1) is 16.5 Å². The van der Waals surface area contributed by atoms with E-state index in [-0.39, 0.29) is 11.9 Å². The number of benzene rings is 2. The molecule has 0 aliphatic heterocycles. The van der Waals surface area contributed by atoms with Gasteiger partial charge in [0.15, 0.2) is 0 Å². The van der Waals surface area contributed by atoms with Gasteiger partial charge >= 0.3 is 0 Å². The normalized spacial score (nSPS) is 14.3. The number of nitrogens with zero attached hydrogens (tertiary/aromatic N) is 1. The fourth-order valence-electron chi connectivity index (χ4n) is 2.90. The minimum Gasteiger partial charge on any atom is -0.493 e. The maximum Gasteiger partial charge on any atom is 0.279 e. The molecule has 1 aliphatic rings. The fourth-order valence-corrected chi connectivity index (χ4v) is 3.80. The smallest absolute Gasteiger partial charge is 0.279 e. The number of rotatable bonds is 9. The summed E-state index contributed by atoms with van der Waals surface area (Å²) in [7, 11) is 0. The number of nitrogen functional groups attached to an aromatic ring is 1. The summed E-state index contributed by atoms with van der Waals surface area (Å²) >= 11 is 7.72. The van der Waals surface area contributed by atoms with Crippen molar-refractivity contribution in [1.82, 2.24) is 10.3 Å². The van der Waals surface area contributed by atoms with Crippen LogP contribution in [-0.4, -0.2) is 23.5 Å². The summed E-state index contributed by atoms with van der Waals surface area (Å²) in [6.07, 6.45) is 7.97. The number of hydrogen-bond acceptors (Lipinski definition) is 6. The molecule has 1 amide bonds. The third-order valence-corrected chi connectivity index (χ3v) is 5.98. The molecule has 6 nitrogen and oxygen atoms in total. The average molecular weight is 470 g/mol. The largest absolute Gasteiger partial charge is 0.493 e. The molecule has 1 saturated carbocycles. The topological polar surface area (TPSA) is 86.5 Å². The summed E-state index contributed by atoms with van der Waals surface area (Å²) < 4.78 is 11.6. The van der Waals surface area contributed by atoms with E-state index in [0.29, 0.717) is 33.1 Å². The second kappa shape index (κ2) is 10.1. The number of hydrogen-bond donors (Lipinski definition) is 2. The van der Waals surface area contributed by atoms with Gasteiger partial charge in [-0.2, -0.15) is 0 Å². The molecule has 3 N–H and O–H groups in total. The Morgan fingerprint density at radius 3 is 2.94 bits per heavy atom. The number of nitrogens with one attached hydrogen (secondary N) is 1. The van der Waals surface area contributed by atoms with Crippen molar-refractivity contribution in [2.24, 2.45) is 5.92 Å². The number of thiazole rings is 1. The Kier molecular flexibility index (Phi) is 6.97. The van der Waals surface area contributed by atoms with Crippen LogP contribution in [0, 0.1) is 5.92 Å². The van der Waals surface area contributed by atoms with Gasteiger partial charge in [-0.15, -0.1) is 0 Å². The summed E-state index contributed by atoms with van der Waals surface area (Å²) in [5, 5.41) is 3.87. The van der Waals surface area contributed by atoms with Crippen molar-refractivity contribution in [3.05, 3.63) is 70.2 Å². The van der Waals surface area contributed by atoms with Crippen molar-refractivity contribution >= 4 is 40.6 Å². The second-order valence-corrected chi connectivity index (χ2v) is 9.16. The molecule has 1 atom stereocenters. The first-order valence-electron chi connectivity index (χ1n) is 10.4. The molecule has 0 spiro atoms. The Morgan fingerprint density at radius 1 is 1.34 bits per heavy atom. The molecule has 0 radical (unpaired) electrons. The van der Waals surface area contributed by atoms with E-state index in [0.717, 1.165) is 17.2 Å².